The largest absolute Gasteiger partial charge is 0.497 e. The Bertz CT molecular complexity index is 665. The van der Waals surface area contributed by atoms with Gasteiger partial charge in [-0.05, 0) is 69.3 Å². The third kappa shape index (κ3) is 5.47. The standard InChI is InChI=1S/C22H33N3O3/c1-17(22(27)23-16-19-6-5-7-20(14-19)28-2)24-12-8-18(9-13-24)15-21(26)25-10-3-4-11-25/h5-7,14,17-18H,3-4,8-13,15-16H2,1-2H3,(H,23,27). The number of piperidine rings is 1. The SMILES string of the molecule is COc1cccc(CNC(=O)C(C)N2CCC(CC(=O)N3CCCC3)CC2)c1. The van der Waals surface area contributed by atoms with Gasteiger partial charge in [0, 0.05) is 26.1 Å². The second-order valence-electron chi connectivity index (χ2n) is 8.02. The minimum absolute atomic E-state index is 0.0504. The van der Waals surface area contributed by atoms with Crippen LogP contribution in [0.15, 0.2) is 24.3 Å². The van der Waals surface area contributed by atoms with E-state index in [0.29, 0.717) is 24.8 Å². The molecule has 1 aromatic carbocycles. The number of nitrogens with zero attached hydrogens (tertiary/aromatic N) is 2. The third-order valence-electron chi connectivity index (χ3n) is 6.10. The second-order valence-corrected chi connectivity index (χ2v) is 8.02. The van der Waals surface area contributed by atoms with E-state index in [1.54, 1.807) is 7.11 Å². The lowest BCUT2D eigenvalue weighted by Gasteiger charge is -2.35. The first kappa shape index (κ1) is 20.6. The summed E-state index contributed by atoms with van der Waals surface area (Å²) in [4.78, 5) is 29.1. The lowest BCUT2D eigenvalue weighted by molar-refractivity contribution is -0.132. The van der Waals surface area contributed by atoms with Gasteiger partial charge >= 0.3 is 0 Å². The normalized spacial score (nSPS) is 19.4. The number of hydrogen-bond acceptors (Lipinski definition) is 4. The average Bonchev–Trinajstić information content (AvgIpc) is 3.27. The van der Waals surface area contributed by atoms with Crippen LogP contribution in [-0.4, -0.2) is 60.9 Å². The van der Waals surface area contributed by atoms with Gasteiger partial charge in [-0.2, -0.15) is 0 Å². The van der Waals surface area contributed by atoms with Crippen LogP contribution in [0.5, 0.6) is 5.75 Å². The molecule has 2 aliphatic heterocycles. The van der Waals surface area contributed by atoms with E-state index in [9.17, 15) is 9.59 Å². The van der Waals surface area contributed by atoms with Crippen molar-refractivity contribution in [3.8, 4) is 5.75 Å². The molecule has 28 heavy (non-hydrogen) atoms. The lowest BCUT2D eigenvalue weighted by atomic mass is 9.92. The van der Waals surface area contributed by atoms with Crippen LogP contribution in [0, 0.1) is 5.92 Å². The number of nitrogens with one attached hydrogen (secondary N) is 1. The number of hydrogen-bond donors (Lipinski definition) is 1. The van der Waals surface area contributed by atoms with Gasteiger partial charge in [0.15, 0.2) is 0 Å². The molecule has 0 radical (unpaired) electrons. The summed E-state index contributed by atoms with van der Waals surface area (Å²) in [5, 5.41) is 3.03. The fourth-order valence-electron chi connectivity index (χ4n) is 4.17. The van der Waals surface area contributed by atoms with Crippen LogP contribution in [0.3, 0.4) is 0 Å². The van der Waals surface area contributed by atoms with Gasteiger partial charge in [-0.25, -0.2) is 0 Å². The van der Waals surface area contributed by atoms with Crippen LogP contribution >= 0.6 is 0 Å². The Labute approximate surface area is 168 Å². The van der Waals surface area contributed by atoms with Crippen LogP contribution in [-0.2, 0) is 16.1 Å². The number of methoxy groups -OCH3 is 1. The minimum Gasteiger partial charge on any atom is -0.497 e. The van der Waals surface area contributed by atoms with Crippen molar-refractivity contribution in [2.45, 2.75) is 51.6 Å². The molecule has 1 atom stereocenters. The zero-order chi connectivity index (χ0) is 19.9. The molecular weight excluding hydrogens is 354 g/mol. The number of likely N-dealkylation sites (tertiary alicyclic amines) is 2. The first-order chi connectivity index (χ1) is 13.6. The maximum absolute atomic E-state index is 12.6. The highest BCUT2D eigenvalue weighted by Gasteiger charge is 2.29. The van der Waals surface area contributed by atoms with Gasteiger partial charge in [0.25, 0.3) is 0 Å². The van der Waals surface area contributed by atoms with Crippen molar-refractivity contribution in [2.75, 3.05) is 33.3 Å². The molecule has 2 aliphatic rings. The summed E-state index contributed by atoms with van der Waals surface area (Å²) in [6.45, 7) is 6.10. The molecule has 2 amide bonds. The highest BCUT2D eigenvalue weighted by atomic mass is 16.5. The van der Waals surface area contributed by atoms with Crippen molar-refractivity contribution in [2.24, 2.45) is 5.92 Å². The summed E-state index contributed by atoms with van der Waals surface area (Å²) < 4.78 is 5.23. The molecule has 2 fully saturated rings. The van der Waals surface area contributed by atoms with Crippen molar-refractivity contribution >= 4 is 11.8 Å². The number of ether oxygens (including phenoxy) is 1. The molecule has 154 valence electrons. The first-order valence-electron chi connectivity index (χ1n) is 10.5. The molecule has 0 saturated carbocycles. The summed E-state index contributed by atoms with van der Waals surface area (Å²) in [6.07, 6.45) is 4.95. The van der Waals surface area contributed by atoms with E-state index in [2.05, 4.69) is 10.2 Å². The summed E-state index contributed by atoms with van der Waals surface area (Å²) in [5.74, 6) is 1.62. The molecule has 1 aromatic rings. The molecule has 0 aromatic heterocycles. The summed E-state index contributed by atoms with van der Waals surface area (Å²) >= 11 is 0. The highest BCUT2D eigenvalue weighted by molar-refractivity contribution is 5.81. The number of rotatable bonds is 7. The fourth-order valence-corrected chi connectivity index (χ4v) is 4.17. The van der Waals surface area contributed by atoms with Gasteiger partial charge in [-0.15, -0.1) is 0 Å². The molecule has 1 N–H and O–H groups in total. The van der Waals surface area contributed by atoms with E-state index in [1.807, 2.05) is 36.1 Å². The quantitative estimate of drug-likeness (QED) is 0.781. The number of carbonyl (C=O) groups is 2. The molecule has 0 aliphatic carbocycles. The van der Waals surface area contributed by atoms with Crippen molar-refractivity contribution in [3.05, 3.63) is 29.8 Å². The Morgan fingerprint density at radius 3 is 2.57 bits per heavy atom. The van der Waals surface area contributed by atoms with Crippen molar-refractivity contribution in [1.82, 2.24) is 15.1 Å². The van der Waals surface area contributed by atoms with Crippen LogP contribution in [0.2, 0.25) is 0 Å². The van der Waals surface area contributed by atoms with E-state index < -0.39 is 0 Å². The first-order valence-corrected chi connectivity index (χ1v) is 10.5. The van der Waals surface area contributed by atoms with E-state index in [1.165, 1.54) is 0 Å². The van der Waals surface area contributed by atoms with Gasteiger partial charge in [-0.3, -0.25) is 14.5 Å². The van der Waals surface area contributed by atoms with Gasteiger partial charge in [0.2, 0.25) is 11.8 Å². The maximum Gasteiger partial charge on any atom is 0.237 e. The van der Waals surface area contributed by atoms with Crippen LogP contribution in [0.1, 0.15) is 44.6 Å². The molecule has 6 heteroatoms. The Hall–Kier alpha value is -2.08. The highest BCUT2D eigenvalue weighted by Crippen LogP contribution is 2.24. The van der Waals surface area contributed by atoms with Crippen LogP contribution in [0.4, 0.5) is 0 Å². The van der Waals surface area contributed by atoms with Crippen molar-refractivity contribution in [1.29, 1.82) is 0 Å². The molecule has 0 bridgehead atoms. The molecule has 2 heterocycles. The van der Waals surface area contributed by atoms with Crippen LogP contribution < -0.4 is 10.1 Å². The molecule has 2 saturated heterocycles. The van der Waals surface area contributed by atoms with Gasteiger partial charge in [0.1, 0.15) is 5.75 Å². The zero-order valence-electron chi connectivity index (χ0n) is 17.2. The van der Waals surface area contributed by atoms with Crippen molar-refractivity contribution < 1.29 is 14.3 Å². The number of carbonyl (C=O) groups excluding carboxylic acids is 2. The Balaban J connectivity index is 1.40. The monoisotopic (exact) mass is 387 g/mol. The molecular formula is C22H33N3O3. The molecule has 0 spiro atoms. The van der Waals surface area contributed by atoms with Crippen molar-refractivity contribution in [3.63, 3.8) is 0 Å². The van der Waals surface area contributed by atoms with E-state index in [0.717, 1.165) is 63.2 Å². The Morgan fingerprint density at radius 1 is 1.18 bits per heavy atom. The topological polar surface area (TPSA) is 61.9 Å². The molecule has 6 nitrogen and oxygen atoms in total. The predicted octanol–water partition coefficient (Wildman–Crippen LogP) is 2.42. The van der Waals surface area contributed by atoms with Gasteiger partial charge < -0.3 is 15.0 Å². The zero-order valence-corrected chi connectivity index (χ0v) is 17.2. The van der Waals surface area contributed by atoms with Crippen LogP contribution in [0.25, 0.3) is 0 Å². The summed E-state index contributed by atoms with van der Waals surface area (Å²) in [6, 6.07) is 7.59. The molecule has 3 rings (SSSR count). The Morgan fingerprint density at radius 2 is 1.89 bits per heavy atom. The summed E-state index contributed by atoms with van der Waals surface area (Å²) in [5.41, 5.74) is 1.03. The smallest absolute Gasteiger partial charge is 0.237 e. The number of benzene rings is 1. The number of amides is 2. The predicted molar refractivity (Wildman–Crippen MR) is 109 cm³/mol. The van der Waals surface area contributed by atoms with E-state index >= 15 is 0 Å². The van der Waals surface area contributed by atoms with E-state index in [-0.39, 0.29) is 11.9 Å². The van der Waals surface area contributed by atoms with E-state index in [4.69, 9.17) is 4.74 Å². The third-order valence-corrected chi connectivity index (χ3v) is 6.10. The van der Waals surface area contributed by atoms with Gasteiger partial charge in [0.05, 0.1) is 13.2 Å². The lowest BCUT2D eigenvalue weighted by Crippen LogP contribution is -2.48. The summed E-state index contributed by atoms with van der Waals surface area (Å²) in [7, 11) is 1.64. The maximum atomic E-state index is 12.6. The minimum atomic E-state index is -0.152. The fraction of sp³-hybridized carbons (Fsp3) is 0.636. The second kappa shape index (κ2) is 9.92. The molecule has 1 unspecified atom stereocenters. The van der Waals surface area contributed by atoms with Gasteiger partial charge in [-0.1, -0.05) is 12.1 Å². The Kier molecular flexibility index (Phi) is 7.31. The average molecular weight is 388 g/mol.